The molecule has 2 unspecified atom stereocenters. The Balaban J connectivity index is 1.74. The third-order valence-electron chi connectivity index (χ3n) is 12.1. The molecule has 12 atom stereocenters. The van der Waals surface area contributed by atoms with Crippen LogP contribution in [0.4, 0.5) is 0 Å². The number of rotatable bonds is 8. The van der Waals surface area contributed by atoms with Crippen LogP contribution in [0.1, 0.15) is 93.4 Å². The maximum absolute atomic E-state index is 13.8. The molecule has 0 aromatic rings. The van der Waals surface area contributed by atoms with E-state index in [1.807, 2.05) is 20.8 Å². The van der Waals surface area contributed by atoms with Gasteiger partial charge in [-0.25, -0.2) is 0 Å². The first-order valence-electron chi connectivity index (χ1n) is 15.4. The maximum atomic E-state index is 13.8. The van der Waals surface area contributed by atoms with Crippen LogP contribution in [0.3, 0.4) is 0 Å². The van der Waals surface area contributed by atoms with E-state index < -0.39 is 39.2 Å². The molecule has 0 aromatic carbocycles. The van der Waals surface area contributed by atoms with Gasteiger partial charge >= 0.3 is 225 Å². The van der Waals surface area contributed by atoms with Crippen molar-refractivity contribution in [2.24, 2.45) is 51.8 Å². The molecule has 0 saturated heterocycles. The monoisotopic (exact) mass is 633 g/mol. The molecule has 0 aliphatic heterocycles. The van der Waals surface area contributed by atoms with Crippen molar-refractivity contribution in [2.75, 3.05) is 0 Å². The van der Waals surface area contributed by atoms with Gasteiger partial charge in [0.2, 0.25) is 0 Å². The van der Waals surface area contributed by atoms with Crippen molar-refractivity contribution in [2.45, 2.75) is 117 Å². The molecule has 4 aliphatic carbocycles. The Morgan fingerprint density at radius 1 is 1.12 bits per heavy atom. The van der Waals surface area contributed by atoms with Crippen molar-refractivity contribution in [1.29, 1.82) is 0 Å². The van der Waals surface area contributed by atoms with Crippen LogP contribution in [-0.4, -0.2) is 65.2 Å². The van der Waals surface area contributed by atoms with Gasteiger partial charge in [0.15, 0.2) is 0 Å². The summed E-state index contributed by atoms with van der Waals surface area (Å²) in [6.45, 7) is 13.0. The fourth-order valence-electron chi connectivity index (χ4n) is 10.2. The Labute approximate surface area is 254 Å². The van der Waals surface area contributed by atoms with Gasteiger partial charge in [-0.1, -0.05) is 0 Å². The number of hydrogen-bond donors (Lipinski definition) is 1. The van der Waals surface area contributed by atoms with Gasteiger partial charge in [-0.05, 0) is 13.8 Å². The molecular weight excluding hydrogens is 587 g/mol. The van der Waals surface area contributed by atoms with E-state index in [-0.39, 0.29) is 59.2 Å². The number of hydrogen-bond acceptors (Lipinski definition) is 7. The number of fused-ring (bicyclic) bond motifs is 5. The number of aliphatic hydroxyl groups is 1. The average molecular weight is 634 g/mol. The second-order valence-electron chi connectivity index (χ2n) is 14.1. The predicted molar refractivity (Wildman–Crippen MR) is 161 cm³/mol. The third-order valence-corrected chi connectivity index (χ3v) is 13.6. The second kappa shape index (κ2) is 11.6. The number of Topliss-reactive ketones (excluding diaryl/α,β-unsaturated/α-hetero) is 2. The molecule has 9 heteroatoms. The summed E-state index contributed by atoms with van der Waals surface area (Å²) in [5.41, 5.74) is -1.99. The first-order chi connectivity index (χ1) is 19.1. The van der Waals surface area contributed by atoms with Gasteiger partial charge in [0.25, 0.3) is 0 Å². The zero-order chi connectivity index (χ0) is 30.7. The molecule has 0 bridgehead atoms. The molecule has 227 valence electrons. The summed E-state index contributed by atoms with van der Waals surface area (Å²) in [6, 6.07) is 0. The van der Waals surface area contributed by atoms with E-state index in [1.54, 1.807) is 6.92 Å². The van der Waals surface area contributed by atoms with Crippen LogP contribution in [0.2, 0.25) is 0 Å². The molecule has 0 heterocycles. The van der Waals surface area contributed by atoms with Gasteiger partial charge in [0.05, 0.1) is 6.10 Å². The fraction of sp³-hybridized carbons (Fsp3) is 0.844. The number of carbonyl (C=O) groups is 4. The molecule has 4 rings (SSSR count). The molecular formula is C32H47BBrO7. The van der Waals surface area contributed by atoms with E-state index in [0.29, 0.717) is 32.1 Å². The Kier molecular flexibility index (Phi) is 9.24. The van der Waals surface area contributed by atoms with Crippen molar-refractivity contribution in [3.05, 3.63) is 0 Å². The SMILES string of the molecule is [B]=C[C@H]1C(=O)[C@H](Br)[C@@]2(C)C[C@@H](OC(C)=O)C3C(CC[C@]4(C(C)=O)[C@@H]([C@H](C)CCC(=O)OC(C)C)CC[C@@H]34)[C@@]2(C)[C@@H]1O. The zero-order valence-corrected chi connectivity index (χ0v) is 27.2. The molecule has 4 saturated carbocycles. The van der Waals surface area contributed by atoms with Crippen LogP contribution in [-0.2, 0) is 28.7 Å². The van der Waals surface area contributed by atoms with Crippen molar-refractivity contribution in [3.63, 3.8) is 0 Å². The number of alkyl halides is 1. The van der Waals surface area contributed by atoms with Gasteiger partial charge in [-0.15, -0.1) is 0 Å². The Hall–Kier alpha value is -1.35. The number of halogens is 1. The summed E-state index contributed by atoms with van der Waals surface area (Å²) in [5, 5.41) is 11.9. The van der Waals surface area contributed by atoms with Crippen molar-refractivity contribution in [3.8, 4) is 0 Å². The van der Waals surface area contributed by atoms with Gasteiger partial charge < -0.3 is 4.74 Å². The van der Waals surface area contributed by atoms with Crippen LogP contribution in [0, 0.1) is 51.8 Å². The van der Waals surface area contributed by atoms with E-state index in [1.165, 1.54) is 12.9 Å². The topological polar surface area (TPSA) is 107 Å². The van der Waals surface area contributed by atoms with Crippen LogP contribution in [0.15, 0.2) is 0 Å². The molecule has 0 aromatic heterocycles. The predicted octanol–water partition coefficient (Wildman–Crippen LogP) is 4.62. The van der Waals surface area contributed by atoms with Crippen molar-refractivity contribution < 1.29 is 33.8 Å². The Bertz CT molecular complexity index is 1090. The summed E-state index contributed by atoms with van der Waals surface area (Å²) in [4.78, 5) is 51.4. The van der Waals surface area contributed by atoms with Crippen LogP contribution < -0.4 is 0 Å². The molecule has 0 spiro atoms. The summed E-state index contributed by atoms with van der Waals surface area (Å²) < 4.78 is 11.4. The fourth-order valence-corrected chi connectivity index (χ4v) is 11.2. The number of carbonyl (C=O) groups excluding carboxylic acids is 4. The van der Waals surface area contributed by atoms with Gasteiger partial charge in [0, 0.05) is 0 Å². The Morgan fingerprint density at radius 3 is 2.34 bits per heavy atom. The first kappa shape index (κ1) is 32.6. The van der Waals surface area contributed by atoms with Gasteiger partial charge in [-0.3, -0.25) is 4.79 Å². The molecule has 4 fully saturated rings. The number of aliphatic hydroxyl groups excluding tert-OH is 1. The molecule has 0 amide bonds. The molecule has 1 N–H and O–H groups in total. The van der Waals surface area contributed by atoms with E-state index in [0.717, 1.165) is 12.8 Å². The Morgan fingerprint density at radius 2 is 1.78 bits per heavy atom. The number of ether oxygens (including phenoxy) is 2. The van der Waals surface area contributed by atoms with Crippen LogP contribution in [0.5, 0.6) is 0 Å². The minimum atomic E-state index is -0.988. The molecule has 7 nitrogen and oxygen atoms in total. The van der Waals surface area contributed by atoms with Gasteiger partial charge in [-0.2, -0.15) is 0 Å². The third kappa shape index (κ3) is 4.93. The summed E-state index contributed by atoms with van der Waals surface area (Å²) in [7, 11) is 5.93. The van der Waals surface area contributed by atoms with E-state index in [4.69, 9.17) is 17.0 Å². The summed E-state index contributed by atoms with van der Waals surface area (Å²) >= 11 is 3.70. The summed E-state index contributed by atoms with van der Waals surface area (Å²) in [5.74, 6) is -0.0844. The molecule has 41 heavy (non-hydrogen) atoms. The number of esters is 2. The second-order valence-corrected chi connectivity index (χ2v) is 15.1. The average Bonchev–Trinajstić information content (AvgIpc) is 3.29. The zero-order valence-electron chi connectivity index (χ0n) is 25.7. The quantitative estimate of drug-likeness (QED) is 0.236. The van der Waals surface area contributed by atoms with Crippen molar-refractivity contribution >= 4 is 52.9 Å². The van der Waals surface area contributed by atoms with E-state index in [2.05, 4.69) is 29.8 Å². The molecule has 1 radical (unpaired) electrons. The van der Waals surface area contributed by atoms with Crippen LogP contribution >= 0.6 is 15.9 Å². The number of ketones is 2. The normalized spacial score (nSPS) is 44.3. The van der Waals surface area contributed by atoms with Gasteiger partial charge in [0.1, 0.15) is 0 Å². The standard InChI is InChI=1S/C32H47BBrO7/c1-16(2)40-25(37)11-8-17(3)21-9-10-23-26-22(12-13-32(21,23)18(4)35)31(7)29(39)20(15-33)27(38)28(34)30(31,6)14-24(26)41-19(5)36/h15-17,20-24,26,28-29,39H,8-14H2,1-7H3/t17-,20+,21-,22?,23+,24-,26?,28+,29-,30-,31+,32+/m1/s1. The first-order valence-corrected chi connectivity index (χ1v) is 16.3. The van der Waals surface area contributed by atoms with E-state index >= 15 is 0 Å². The molecule has 4 aliphatic rings. The van der Waals surface area contributed by atoms with Crippen molar-refractivity contribution in [1.82, 2.24) is 0 Å². The minimum absolute atomic E-state index is 0.0292. The van der Waals surface area contributed by atoms with E-state index in [9.17, 15) is 24.3 Å². The summed E-state index contributed by atoms with van der Waals surface area (Å²) in [6.07, 6.45) is 2.76. The van der Waals surface area contributed by atoms with Crippen LogP contribution in [0.25, 0.3) is 0 Å².